The maximum absolute atomic E-state index is 10.9. The Bertz CT molecular complexity index is 245. The Morgan fingerprint density at radius 2 is 2.00 bits per heavy atom. The van der Waals surface area contributed by atoms with Crippen molar-refractivity contribution in [1.82, 2.24) is 0 Å². The smallest absolute Gasteiger partial charge is 0.307 e. The van der Waals surface area contributed by atoms with Gasteiger partial charge < -0.3 is 5.11 Å². The summed E-state index contributed by atoms with van der Waals surface area (Å²) in [6.07, 6.45) is 3.20. The molecule has 0 aliphatic heterocycles. The van der Waals surface area contributed by atoms with Crippen molar-refractivity contribution >= 4 is 12.3 Å². The molecule has 1 fully saturated rings. The molecular formula is C10H15O3. The predicted octanol–water partition coefficient (Wildman–Crippen LogP) is 1.62. The topological polar surface area (TPSA) is 54.4 Å². The summed E-state index contributed by atoms with van der Waals surface area (Å²) in [5, 5.41) is 8.95. The van der Waals surface area contributed by atoms with Crippen LogP contribution in [0.15, 0.2) is 0 Å². The van der Waals surface area contributed by atoms with Gasteiger partial charge in [-0.05, 0) is 18.3 Å². The van der Waals surface area contributed by atoms with E-state index in [9.17, 15) is 9.59 Å². The second-order valence-electron chi connectivity index (χ2n) is 4.59. The van der Waals surface area contributed by atoms with Gasteiger partial charge in [-0.25, -0.2) is 0 Å². The van der Waals surface area contributed by atoms with Crippen LogP contribution in [-0.4, -0.2) is 17.4 Å². The van der Waals surface area contributed by atoms with Gasteiger partial charge in [0, 0.05) is 5.41 Å². The lowest BCUT2D eigenvalue weighted by Crippen LogP contribution is -2.38. The van der Waals surface area contributed by atoms with Gasteiger partial charge in [0.15, 0.2) is 0 Å². The van der Waals surface area contributed by atoms with Gasteiger partial charge in [0.25, 0.3) is 0 Å². The largest absolute Gasteiger partial charge is 0.481 e. The minimum Gasteiger partial charge on any atom is -0.481 e. The third-order valence-electron chi connectivity index (χ3n) is 3.75. The molecule has 1 N–H and O–H groups in total. The fourth-order valence-corrected chi connectivity index (χ4v) is 2.12. The Balaban J connectivity index is 3.01. The average molecular weight is 183 g/mol. The Hall–Kier alpha value is -0.860. The fraction of sp³-hybridized carbons (Fsp3) is 0.800. The van der Waals surface area contributed by atoms with Crippen LogP contribution >= 0.6 is 0 Å². The minimum absolute atomic E-state index is 0.418. The van der Waals surface area contributed by atoms with Crippen LogP contribution in [0.3, 0.4) is 0 Å². The molecule has 3 nitrogen and oxygen atoms in total. The van der Waals surface area contributed by atoms with Crippen LogP contribution in [0.25, 0.3) is 0 Å². The third kappa shape index (κ3) is 1.26. The molecule has 0 aromatic carbocycles. The molecule has 0 spiro atoms. The molecule has 2 unspecified atom stereocenters. The first-order valence-electron chi connectivity index (χ1n) is 4.47. The van der Waals surface area contributed by atoms with E-state index in [-0.39, 0.29) is 0 Å². The zero-order valence-electron chi connectivity index (χ0n) is 8.26. The summed E-state index contributed by atoms with van der Waals surface area (Å²) in [4.78, 5) is 21.7. The first kappa shape index (κ1) is 10.2. The second-order valence-corrected chi connectivity index (χ2v) is 4.59. The Morgan fingerprint density at radius 1 is 1.46 bits per heavy atom. The van der Waals surface area contributed by atoms with Crippen molar-refractivity contribution in [3.8, 4) is 0 Å². The summed E-state index contributed by atoms with van der Waals surface area (Å²) in [7, 11) is 0. The summed E-state index contributed by atoms with van der Waals surface area (Å²) in [6, 6.07) is 0. The van der Waals surface area contributed by atoms with Crippen LogP contribution in [0.1, 0.15) is 33.6 Å². The van der Waals surface area contributed by atoms with Crippen molar-refractivity contribution in [2.75, 3.05) is 0 Å². The molecule has 1 aliphatic carbocycles. The standard InChI is InChI=1S/C10H15O3/c1-9(2)7(8(12)13)4-5-10(9,3)6-11/h7H,4-5H2,1-3H3,(H,12,13). The number of aliphatic carboxylic acids is 1. The van der Waals surface area contributed by atoms with Gasteiger partial charge in [0.2, 0.25) is 6.29 Å². The first-order valence-corrected chi connectivity index (χ1v) is 4.47. The maximum Gasteiger partial charge on any atom is 0.307 e. The zero-order chi connectivity index (χ0) is 10.3. The van der Waals surface area contributed by atoms with E-state index in [0.29, 0.717) is 12.8 Å². The van der Waals surface area contributed by atoms with Crippen LogP contribution < -0.4 is 0 Å². The fourth-order valence-electron chi connectivity index (χ4n) is 2.12. The van der Waals surface area contributed by atoms with E-state index in [1.165, 1.54) is 0 Å². The lowest BCUT2D eigenvalue weighted by molar-refractivity contribution is -0.145. The number of carbonyl (C=O) groups is 1. The molecule has 2 atom stereocenters. The number of carbonyl (C=O) groups excluding carboxylic acids is 1. The molecule has 1 aliphatic rings. The quantitative estimate of drug-likeness (QED) is 0.707. The van der Waals surface area contributed by atoms with Gasteiger partial charge in [0.05, 0.1) is 5.92 Å². The van der Waals surface area contributed by atoms with Gasteiger partial charge in [-0.2, -0.15) is 0 Å². The van der Waals surface area contributed by atoms with Crippen molar-refractivity contribution in [3.05, 3.63) is 0 Å². The molecule has 0 saturated heterocycles. The number of hydrogen-bond acceptors (Lipinski definition) is 2. The zero-order valence-corrected chi connectivity index (χ0v) is 8.26. The number of rotatable bonds is 2. The molecule has 1 rings (SSSR count). The highest BCUT2D eigenvalue weighted by atomic mass is 16.4. The number of carboxylic acids is 1. The average Bonchev–Trinajstić information content (AvgIpc) is 2.24. The van der Waals surface area contributed by atoms with Crippen molar-refractivity contribution in [3.63, 3.8) is 0 Å². The lowest BCUT2D eigenvalue weighted by atomic mass is 9.66. The normalized spacial score (nSPS) is 37.3. The van der Waals surface area contributed by atoms with E-state index >= 15 is 0 Å². The highest BCUT2D eigenvalue weighted by molar-refractivity contribution is 5.74. The third-order valence-corrected chi connectivity index (χ3v) is 3.75. The molecule has 0 aromatic heterocycles. The van der Waals surface area contributed by atoms with Crippen molar-refractivity contribution in [1.29, 1.82) is 0 Å². The van der Waals surface area contributed by atoms with Crippen LogP contribution in [0.4, 0.5) is 0 Å². The van der Waals surface area contributed by atoms with Crippen molar-refractivity contribution < 1.29 is 14.7 Å². The Morgan fingerprint density at radius 3 is 2.23 bits per heavy atom. The predicted molar refractivity (Wildman–Crippen MR) is 47.9 cm³/mol. The van der Waals surface area contributed by atoms with E-state index in [1.807, 2.05) is 20.1 Å². The molecule has 0 aromatic rings. The van der Waals surface area contributed by atoms with Crippen LogP contribution in [-0.2, 0) is 9.59 Å². The summed E-state index contributed by atoms with van der Waals surface area (Å²) in [6.45, 7) is 5.47. The van der Waals surface area contributed by atoms with Crippen LogP contribution in [0.5, 0.6) is 0 Å². The van der Waals surface area contributed by atoms with Crippen LogP contribution in [0.2, 0.25) is 0 Å². The van der Waals surface area contributed by atoms with E-state index < -0.39 is 22.7 Å². The molecule has 73 valence electrons. The minimum atomic E-state index is -0.802. The second kappa shape index (κ2) is 2.82. The van der Waals surface area contributed by atoms with Gasteiger partial charge in [0.1, 0.15) is 0 Å². The maximum atomic E-state index is 10.9. The SMILES string of the molecule is CC1([C]=O)CCC(C(=O)O)C1(C)C. The van der Waals surface area contributed by atoms with Crippen LogP contribution in [0, 0.1) is 16.7 Å². The highest BCUT2D eigenvalue weighted by Gasteiger charge is 2.54. The monoisotopic (exact) mass is 183 g/mol. The summed E-state index contributed by atoms with van der Waals surface area (Å²) in [5.41, 5.74) is -1.09. The molecule has 0 heterocycles. The van der Waals surface area contributed by atoms with E-state index in [0.717, 1.165) is 0 Å². The molecule has 0 bridgehead atoms. The van der Waals surface area contributed by atoms with Gasteiger partial charge in [-0.1, -0.05) is 20.8 Å². The Kier molecular flexibility index (Phi) is 2.22. The molecule has 3 heteroatoms. The van der Waals surface area contributed by atoms with Gasteiger partial charge >= 0.3 is 5.97 Å². The van der Waals surface area contributed by atoms with E-state index in [2.05, 4.69) is 0 Å². The van der Waals surface area contributed by atoms with E-state index in [4.69, 9.17) is 5.11 Å². The summed E-state index contributed by atoms with van der Waals surface area (Å²) in [5.74, 6) is -1.22. The van der Waals surface area contributed by atoms with Crippen molar-refractivity contribution in [2.45, 2.75) is 33.6 Å². The summed E-state index contributed by atoms with van der Waals surface area (Å²) >= 11 is 0. The molecular weight excluding hydrogens is 168 g/mol. The van der Waals surface area contributed by atoms with E-state index in [1.54, 1.807) is 6.92 Å². The summed E-state index contributed by atoms with van der Waals surface area (Å²) < 4.78 is 0. The van der Waals surface area contributed by atoms with Gasteiger partial charge in [-0.3, -0.25) is 9.59 Å². The Labute approximate surface area is 78.1 Å². The molecule has 1 saturated carbocycles. The molecule has 0 amide bonds. The first-order chi connectivity index (χ1) is 5.85. The molecule has 13 heavy (non-hydrogen) atoms. The molecule has 1 radical (unpaired) electrons. The van der Waals surface area contributed by atoms with Gasteiger partial charge in [-0.15, -0.1) is 0 Å². The number of hydrogen-bond donors (Lipinski definition) is 1. The lowest BCUT2D eigenvalue weighted by Gasteiger charge is -2.35. The van der Waals surface area contributed by atoms with Crippen molar-refractivity contribution in [2.24, 2.45) is 16.7 Å². The number of carboxylic acid groups (broad SMARTS) is 1. The highest BCUT2D eigenvalue weighted by Crippen LogP contribution is 2.54.